The number of carbonyl (C=O) groups excluding carboxylic acids is 2. The normalized spacial score (nSPS) is 15.7. The van der Waals surface area contributed by atoms with E-state index >= 15 is 0 Å². The molecule has 1 atom stereocenters. The Kier molecular flexibility index (Phi) is 10.4. The average Bonchev–Trinajstić information content (AvgIpc) is 3.17. The Labute approximate surface area is 304 Å². The second kappa shape index (κ2) is 15.5. The molecule has 2 saturated heterocycles. The molecule has 0 radical (unpaired) electrons. The van der Waals surface area contributed by atoms with E-state index in [1.807, 2.05) is 76.5 Å². The fourth-order valence-electron chi connectivity index (χ4n) is 7.72. The monoisotopic (exact) mass is 698 g/mol. The van der Waals surface area contributed by atoms with Crippen LogP contribution in [-0.2, 0) is 17.6 Å². The predicted octanol–water partition coefficient (Wildman–Crippen LogP) is 5.90. The first kappa shape index (κ1) is 35.0. The molecule has 3 heterocycles. The Bertz CT molecular complexity index is 2090. The lowest BCUT2D eigenvalue weighted by Gasteiger charge is -2.54. The van der Waals surface area contributed by atoms with Gasteiger partial charge in [0, 0.05) is 54.5 Å². The van der Waals surface area contributed by atoms with Crippen molar-refractivity contribution in [3.63, 3.8) is 0 Å². The average molecular weight is 699 g/mol. The summed E-state index contributed by atoms with van der Waals surface area (Å²) in [7, 11) is 0. The summed E-state index contributed by atoms with van der Waals surface area (Å²) in [6.45, 7) is 6.41. The van der Waals surface area contributed by atoms with E-state index in [0.717, 1.165) is 67.4 Å². The number of phenols is 1. The highest BCUT2D eigenvalue weighted by molar-refractivity contribution is 5.94. The third kappa shape index (κ3) is 7.90. The van der Waals surface area contributed by atoms with Gasteiger partial charge in [0.1, 0.15) is 11.5 Å². The van der Waals surface area contributed by atoms with Crippen LogP contribution in [0.5, 0.6) is 11.5 Å². The van der Waals surface area contributed by atoms with Crippen LogP contribution < -0.4 is 15.6 Å². The number of rotatable bonds is 12. The number of H-pyrrole nitrogens is 1. The molecule has 7 rings (SSSR count). The van der Waals surface area contributed by atoms with E-state index in [1.54, 1.807) is 12.1 Å². The summed E-state index contributed by atoms with van der Waals surface area (Å²) in [5, 5.41) is 14.4. The number of benzene rings is 4. The van der Waals surface area contributed by atoms with Gasteiger partial charge in [-0.3, -0.25) is 14.4 Å². The Hall–Kier alpha value is -5.41. The van der Waals surface area contributed by atoms with Gasteiger partial charge < -0.3 is 29.9 Å². The minimum atomic E-state index is -0.238. The lowest BCUT2D eigenvalue weighted by molar-refractivity contribution is -0.148. The third-order valence-corrected chi connectivity index (χ3v) is 10.7. The summed E-state index contributed by atoms with van der Waals surface area (Å²) in [6.07, 6.45) is 3.53. The number of aromatic nitrogens is 1. The fourth-order valence-corrected chi connectivity index (χ4v) is 7.72. The van der Waals surface area contributed by atoms with E-state index < -0.39 is 0 Å². The fraction of sp³-hybridized carbons (Fsp3) is 0.326. The maximum Gasteiger partial charge on any atom is 0.260 e. The number of fused-ring (bicyclic) bond motifs is 1. The maximum absolute atomic E-state index is 13.5. The summed E-state index contributed by atoms with van der Waals surface area (Å²) >= 11 is 0. The number of amides is 2. The summed E-state index contributed by atoms with van der Waals surface area (Å²) in [4.78, 5) is 44.8. The van der Waals surface area contributed by atoms with E-state index in [0.29, 0.717) is 36.5 Å². The molecule has 2 amide bonds. The van der Waals surface area contributed by atoms with Crippen molar-refractivity contribution in [2.45, 2.75) is 38.5 Å². The topological polar surface area (TPSA) is 115 Å². The van der Waals surface area contributed by atoms with Gasteiger partial charge in [-0.2, -0.15) is 0 Å². The highest BCUT2D eigenvalue weighted by Gasteiger charge is 2.48. The number of likely N-dealkylation sites (tertiary alicyclic amines) is 2. The number of phenolic OH excluding ortho intramolecular Hbond substituents is 1. The second-order valence-corrected chi connectivity index (χ2v) is 14.4. The van der Waals surface area contributed by atoms with Crippen molar-refractivity contribution in [1.29, 1.82) is 0 Å². The zero-order chi connectivity index (χ0) is 36.1. The summed E-state index contributed by atoms with van der Waals surface area (Å²) in [6, 6.07) is 33.0. The highest BCUT2D eigenvalue weighted by atomic mass is 16.5. The van der Waals surface area contributed by atoms with Crippen LogP contribution in [0.3, 0.4) is 0 Å². The Morgan fingerprint density at radius 2 is 1.62 bits per heavy atom. The van der Waals surface area contributed by atoms with Crippen LogP contribution >= 0.6 is 0 Å². The molecule has 1 spiro atoms. The van der Waals surface area contributed by atoms with Crippen LogP contribution in [0.25, 0.3) is 10.9 Å². The molecule has 52 heavy (non-hydrogen) atoms. The quantitative estimate of drug-likeness (QED) is 0.140. The van der Waals surface area contributed by atoms with Crippen LogP contribution in [0, 0.1) is 5.41 Å². The van der Waals surface area contributed by atoms with Gasteiger partial charge in [0.2, 0.25) is 5.56 Å². The molecule has 2 aliphatic heterocycles. The number of hydrogen-bond donors (Lipinski definition) is 3. The van der Waals surface area contributed by atoms with Crippen LogP contribution in [0.15, 0.2) is 108 Å². The van der Waals surface area contributed by atoms with Gasteiger partial charge >= 0.3 is 0 Å². The molecule has 1 unspecified atom stereocenters. The van der Waals surface area contributed by atoms with Gasteiger partial charge in [-0.1, -0.05) is 67.6 Å². The van der Waals surface area contributed by atoms with Gasteiger partial charge in [0.15, 0.2) is 6.61 Å². The van der Waals surface area contributed by atoms with Gasteiger partial charge in [-0.15, -0.1) is 0 Å². The first-order chi connectivity index (χ1) is 25.3. The van der Waals surface area contributed by atoms with Crippen molar-refractivity contribution in [1.82, 2.24) is 20.1 Å². The molecule has 1 aromatic heterocycles. The molecule has 0 saturated carbocycles. The number of hydrogen-bond acceptors (Lipinski definition) is 6. The molecule has 0 aliphatic carbocycles. The number of piperidine rings is 1. The molecule has 0 bridgehead atoms. The van der Waals surface area contributed by atoms with Gasteiger partial charge in [0.05, 0.1) is 5.52 Å². The van der Waals surface area contributed by atoms with Crippen molar-refractivity contribution in [2.24, 2.45) is 5.41 Å². The highest BCUT2D eigenvalue weighted by Crippen LogP contribution is 2.39. The van der Waals surface area contributed by atoms with E-state index in [4.69, 9.17) is 4.74 Å². The molecule has 2 aliphatic rings. The third-order valence-electron chi connectivity index (χ3n) is 10.7. The Morgan fingerprint density at radius 1 is 0.865 bits per heavy atom. The summed E-state index contributed by atoms with van der Waals surface area (Å²) < 4.78 is 5.95. The molecule has 268 valence electrons. The second-order valence-electron chi connectivity index (χ2n) is 14.4. The van der Waals surface area contributed by atoms with Crippen molar-refractivity contribution in [3.05, 3.63) is 141 Å². The smallest absolute Gasteiger partial charge is 0.260 e. The zero-order valence-electron chi connectivity index (χ0n) is 29.6. The van der Waals surface area contributed by atoms with Gasteiger partial charge in [-0.05, 0) is 97.4 Å². The Balaban J connectivity index is 0.845. The molecule has 2 fully saturated rings. The van der Waals surface area contributed by atoms with E-state index in [-0.39, 0.29) is 41.1 Å². The molecule has 5 aromatic rings. The Morgan fingerprint density at radius 3 is 2.42 bits per heavy atom. The number of aromatic hydroxyl groups is 1. The van der Waals surface area contributed by atoms with Crippen LogP contribution in [-0.4, -0.2) is 77.6 Å². The van der Waals surface area contributed by atoms with E-state index in [2.05, 4.69) is 35.4 Å². The lowest BCUT2D eigenvalue weighted by Crippen LogP contribution is -2.65. The SMILES string of the molecule is CC(c1ccccc1)c1cccc(OCC(=O)N2CC3(CCCN(C(=O)c4ccc(CCNCCc5ccc(O)c6[nH]c(=O)ccc56)cc4)C3)C2)c1. The number of pyridine rings is 1. The largest absolute Gasteiger partial charge is 0.506 e. The van der Waals surface area contributed by atoms with E-state index in [1.165, 1.54) is 11.6 Å². The van der Waals surface area contributed by atoms with Crippen LogP contribution in [0.2, 0.25) is 0 Å². The van der Waals surface area contributed by atoms with Crippen molar-refractivity contribution >= 4 is 22.7 Å². The summed E-state index contributed by atoms with van der Waals surface area (Å²) in [5.41, 5.74) is 5.46. The number of carbonyl (C=O) groups is 2. The van der Waals surface area contributed by atoms with Gasteiger partial charge in [0.25, 0.3) is 11.8 Å². The van der Waals surface area contributed by atoms with Gasteiger partial charge in [-0.25, -0.2) is 0 Å². The van der Waals surface area contributed by atoms with Crippen molar-refractivity contribution < 1.29 is 19.4 Å². The molecular formula is C43H46N4O5. The number of aromatic amines is 1. The number of nitrogens with zero attached hydrogens (tertiary/aromatic N) is 2. The maximum atomic E-state index is 13.5. The number of nitrogens with one attached hydrogen (secondary N) is 2. The predicted molar refractivity (Wildman–Crippen MR) is 203 cm³/mol. The first-order valence-electron chi connectivity index (χ1n) is 18.3. The van der Waals surface area contributed by atoms with Crippen LogP contribution in [0.1, 0.15) is 58.3 Å². The minimum Gasteiger partial charge on any atom is -0.506 e. The minimum absolute atomic E-state index is 0.00242. The number of ether oxygens (including phenoxy) is 1. The summed E-state index contributed by atoms with van der Waals surface area (Å²) in [5.74, 6) is 1.01. The molecule has 3 N–H and O–H groups in total. The molecule has 9 heteroatoms. The molecule has 4 aromatic carbocycles. The lowest BCUT2D eigenvalue weighted by atomic mass is 9.73. The van der Waals surface area contributed by atoms with E-state index in [9.17, 15) is 19.5 Å². The zero-order valence-corrected chi connectivity index (χ0v) is 29.6. The molecule has 9 nitrogen and oxygen atoms in total. The first-order valence-corrected chi connectivity index (χ1v) is 18.3. The van der Waals surface area contributed by atoms with Crippen molar-refractivity contribution in [3.8, 4) is 11.5 Å². The van der Waals surface area contributed by atoms with Crippen molar-refractivity contribution in [2.75, 3.05) is 45.9 Å². The standard InChI is InChI=1S/C43H46N4O5/c1-30(32-7-3-2-4-8-32)35-9-5-10-36(25-35)52-26-40(50)47-28-43(29-47)21-6-24-46(27-43)42(51)34-13-11-31(12-14-34)19-22-44-23-20-33-15-17-38(48)41-37(33)16-18-39(49)45-41/h2-5,7-18,25,30,44,48H,6,19-24,26-29H2,1H3,(H,45,49). The van der Waals surface area contributed by atoms with Crippen LogP contribution in [0.4, 0.5) is 0 Å². The molecular weight excluding hydrogens is 652 g/mol.